The number of nitrogens with one attached hydrogen (secondary N) is 1. The van der Waals surface area contributed by atoms with E-state index in [0.717, 1.165) is 16.8 Å². The molecule has 102 valence electrons. The Morgan fingerprint density at radius 1 is 1.20 bits per heavy atom. The Hall–Kier alpha value is -2.04. The van der Waals surface area contributed by atoms with Crippen LogP contribution in [0.5, 0.6) is 0 Å². The number of rotatable bonds is 3. The molecule has 0 saturated carbocycles. The number of hydroxylamine groups is 2. The standard InChI is InChI=1S/C15H13ClN2O2/c16-13-6-7-14-12(8-13)9-18(15(19)17-14)20-10-11-4-2-1-3-5-11/h1-8H,9-10H2,(H,17,19). The largest absolute Gasteiger partial charge is 0.346 e. The molecule has 3 rings (SSSR count). The average molecular weight is 289 g/mol. The number of fused-ring (bicyclic) bond motifs is 1. The average Bonchev–Trinajstić information content (AvgIpc) is 2.46. The second-order valence-corrected chi connectivity index (χ2v) is 4.96. The van der Waals surface area contributed by atoms with E-state index in [1.807, 2.05) is 36.4 Å². The summed E-state index contributed by atoms with van der Waals surface area (Å²) >= 11 is 5.96. The van der Waals surface area contributed by atoms with Crippen LogP contribution in [0.4, 0.5) is 10.5 Å². The summed E-state index contributed by atoms with van der Waals surface area (Å²) in [6.45, 7) is 0.735. The van der Waals surface area contributed by atoms with Gasteiger partial charge in [0.15, 0.2) is 0 Å². The van der Waals surface area contributed by atoms with E-state index in [0.29, 0.717) is 18.2 Å². The Balaban J connectivity index is 1.70. The first-order valence-corrected chi connectivity index (χ1v) is 6.64. The Labute approximate surface area is 121 Å². The zero-order valence-corrected chi connectivity index (χ0v) is 11.4. The maximum atomic E-state index is 11.9. The number of carbonyl (C=O) groups excluding carboxylic acids is 1. The van der Waals surface area contributed by atoms with Crippen LogP contribution in [-0.4, -0.2) is 11.1 Å². The lowest BCUT2D eigenvalue weighted by Crippen LogP contribution is -2.38. The topological polar surface area (TPSA) is 41.6 Å². The van der Waals surface area contributed by atoms with E-state index in [1.165, 1.54) is 5.06 Å². The van der Waals surface area contributed by atoms with Crippen molar-refractivity contribution in [2.75, 3.05) is 5.32 Å². The highest BCUT2D eigenvalue weighted by atomic mass is 35.5. The molecule has 0 aromatic heterocycles. The molecule has 1 aliphatic rings. The van der Waals surface area contributed by atoms with E-state index in [-0.39, 0.29) is 6.03 Å². The molecule has 0 saturated heterocycles. The van der Waals surface area contributed by atoms with Crippen LogP contribution in [0.3, 0.4) is 0 Å². The third kappa shape index (κ3) is 2.76. The predicted molar refractivity (Wildman–Crippen MR) is 77.2 cm³/mol. The zero-order chi connectivity index (χ0) is 13.9. The number of hydrogen-bond donors (Lipinski definition) is 1. The molecular formula is C15H13ClN2O2. The van der Waals surface area contributed by atoms with Crippen LogP contribution >= 0.6 is 11.6 Å². The third-order valence-corrected chi connectivity index (χ3v) is 3.31. The second-order valence-electron chi connectivity index (χ2n) is 4.53. The van der Waals surface area contributed by atoms with Crippen LogP contribution in [0.25, 0.3) is 0 Å². The van der Waals surface area contributed by atoms with Gasteiger partial charge in [-0.25, -0.2) is 4.79 Å². The van der Waals surface area contributed by atoms with Crippen molar-refractivity contribution in [3.05, 3.63) is 64.7 Å². The Morgan fingerprint density at radius 2 is 2.00 bits per heavy atom. The molecule has 2 aromatic rings. The number of carbonyl (C=O) groups is 1. The summed E-state index contributed by atoms with van der Waals surface area (Å²) in [4.78, 5) is 17.5. The Bertz CT molecular complexity index is 631. The van der Waals surface area contributed by atoms with Crippen LogP contribution in [0.15, 0.2) is 48.5 Å². The van der Waals surface area contributed by atoms with E-state index < -0.39 is 0 Å². The second kappa shape index (κ2) is 5.53. The van der Waals surface area contributed by atoms with Gasteiger partial charge < -0.3 is 5.32 Å². The van der Waals surface area contributed by atoms with Gasteiger partial charge in [-0.1, -0.05) is 41.9 Å². The summed E-state index contributed by atoms with van der Waals surface area (Å²) in [6, 6.07) is 14.8. The number of nitrogens with zero attached hydrogens (tertiary/aromatic N) is 1. The van der Waals surface area contributed by atoms with Gasteiger partial charge in [-0.15, -0.1) is 0 Å². The first kappa shape index (κ1) is 13.0. The van der Waals surface area contributed by atoms with E-state index in [4.69, 9.17) is 16.4 Å². The molecule has 0 spiro atoms. The van der Waals surface area contributed by atoms with Gasteiger partial charge in [-0.3, -0.25) is 4.84 Å². The van der Waals surface area contributed by atoms with Crippen LogP contribution in [0, 0.1) is 0 Å². The van der Waals surface area contributed by atoms with E-state index in [2.05, 4.69) is 5.32 Å². The number of anilines is 1. The quantitative estimate of drug-likeness (QED) is 0.933. The third-order valence-electron chi connectivity index (χ3n) is 3.08. The summed E-state index contributed by atoms with van der Waals surface area (Å²) in [5.74, 6) is 0. The van der Waals surface area contributed by atoms with E-state index >= 15 is 0 Å². The molecule has 0 bridgehead atoms. The molecule has 1 heterocycles. The molecule has 0 atom stereocenters. The maximum absolute atomic E-state index is 11.9. The number of benzene rings is 2. The van der Waals surface area contributed by atoms with Gasteiger partial charge >= 0.3 is 6.03 Å². The van der Waals surface area contributed by atoms with Gasteiger partial charge in [0.1, 0.15) is 6.61 Å². The molecule has 1 N–H and O–H groups in total. The Kier molecular flexibility index (Phi) is 3.58. The van der Waals surface area contributed by atoms with Gasteiger partial charge in [0, 0.05) is 10.7 Å². The molecule has 0 aliphatic carbocycles. The molecule has 2 aromatic carbocycles. The summed E-state index contributed by atoms with van der Waals surface area (Å²) in [7, 11) is 0. The molecule has 0 unspecified atom stereocenters. The lowest BCUT2D eigenvalue weighted by molar-refractivity contribution is -0.132. The predicted octanol–water partition coefficient (Wildman–Crippen LogP) is 3.82. The van der Waals surface area contributed by atoms with E-state index in [1.54, 1.807) is 12.1 Å². The van der Waals surface area contributed by atoms with Crippen molar-refractivity contribution in [2.24, 2.45) is 0 Å². The first-order chi connectivity index (χ1) is 9.72. The first-order valence-electron chi connectivity index (χ1n) is 6.26. The summed E-state index contributed by atoms with van der Waals surface area (Å²) in [5, 5.41) is 4.73. The molecule has 4 nitrogen and oxygen atoms in total. The van der Waals surface area contributed by atoms with Crippen LogP contribution in [-0.2, 0) is 18.0 Å². The SMILES string of the molecule is O=C1Nc2ccc(Cl)cc2CN1OCc1ccccc1. The lowest BCUT2D eigenvalue weighted by Gasteiger charge is -2.28. The van der Waals surface area contributed by atoms with Crippen LogP contribution < -0.4 is 5.32 Å². The highest BCUT2D eigenvalue weighted by Gasteiger charge is 2.23. The fraction of sp³-hybridized carbons (Fsp3) is 0.133. The van der Waals surface area contributed by atoms with Gasteiger partial charge in [0.05, 0.1) is 6.54 Å². The molecular weight excluding hydrogens is 276 g/mol. The van der Waals surface area contributed by atoms with Crippen molar-refractivity contribution in [1.29, 1.82) is 0 Å². The van der Waals surface area contributed by atoms with Crippen LogP contribution in [0.2, 0.25) is 5.02 Å². The highest BCUT2D eigenvalue weighted by molar-refractivity contribution is 6.30. The fourth-order valence-corrected chi connectivity index (χ4v) is 2.24. The molecule has 1 aliphatic heterocycles. The molecule has 5 heteroatoms. The van der Waals surface area contributed by atoms with Gasteiger partial charge in [0.25, 0.3) is 0 Å². The van der Waals surface area contributed by atoms with Gasteiger partial charge in [0.2, 0.25) is 0 Å². The lowest BCUT2D eigenvalue weighted by atomic mass is 10.1. The van der Waals surface area contributed by atoms with Crippen molar-refractivity contribution >= 4 is 23.3 Å². The minimum Gasteiger partial charge on any atom is -0.306 e. The van der Waals surface area contributed by atoms with Gasteiger partial charge in [-0.05, 0) is 29.3 Å². The van der Waals surface area contributed by atoms with Crippen molar-refractivity contribution in [3.63, 3.8) is 0 Å². The zero-order valence-electron chi connectivity index (χ0n) is 10.7. The van der Waals surface area contributed by atoms with Crippen molar-refractivity contribution < 1.29 is 9.63 Å². The van der Waals surface area contributed by atoms with Crippen molar-refractivity contribution in [2.45, 2.75) is 13.2 Å². The maximum Gasteiger partial charge on any atom is 0.346 e. The molecule has 20 heavy (non-hydrogen) atoms. The number of urea groups is 1. The smallest absolute Gasteiger partial charge is 0.306 e. The fourth-order valence-electron chi connectivity index (χ4n) is 2.05. The Morgan fingerprint density at radius 3 is 2.80 bits per heavy atom. The number of hydrogen-bond acceptors (Lipinski definition) is 2. The van der Waals surface area contributed by atoms with Crippen molar-refractivity contribution in [3.8, 4) is 0 Å². The monoisotopic (exact) mass is 288 g/mol. The normalized spacial score (nSPS) is 13.8. The molecule has 0 radical (unpaired) electrons. The van der Waals surface area contributed by atoms with Crippen LogP contribution in [0.1, 0.15) is 11.1 Å². The number of halogens is 1. The summed E-state index contributed by atoms with van der Waals surface area (Å²) in [6.07, 6.45) is 0. The summed E-state index contributed by atoms with van der Waals surface area (Å²) < 4.78 is 0. The highest BCUT2D eigenvalue weighted by Crippen LogP contribution is 2.26. The molecule has 2 amide bonds. The van der Waals surface area contributed by atoms with E-state index in [9.17, 15) is 4.79 Å². The molecule has 0 fully saturated rings. The summed E-state index contributed by atoms with van der Waals surface area (Å²) in [5.41, 5.74) is 2.72. The number of amides is 2. The minimum absolute atomic E-state index is 0.268. The van der Waals surface area contributed by atoms with Crippen molar-refractivity contribution in [1.82, 2.24) is 5.06 Å². The van der Waals surface area contributed by atoms with Gasteiger partial charge in [-0.2, -0.15) is 5.06 Å². The minimum atomic E-state index is -0.268.